The third-order valence-corrected chi connectivity index (χ3v) is 5.81. The normalized spacial score (nSPS) is 16.9. The Balaban J connectivity index is 1.75. The first-order valence-electron chi connectivity index (χ1n) is 8.16. The first-order chi connectivity index (χ1) is 11.5. The van der Waals surface area contributed by atoms with Crippen molar-refractivity contribution in [2.75, 3.05) is 52.5 Å². The summed E-state index contributed by atoms with van der Waals surface area (Å²) in [7, 11) is -3.41. The number of hydrogen-bond acceptors (Lipinski definition) is 5. The topological polar surface area (TPSA) is 79.0 Å². The monoisotopic (exact) mass is 355 g/mol. The molecule has 1 aromatic carbocycles. The van der Waals surface area contributed by atoms with Crippen LogP contribution in [0.1, 0.15) is 6.92 Å². The van der Waals surface area contributed by atoms with Gasteiger partial charge in [-0.1, -0.05) is 18.2 Å². The molecule has 1 amide bonds. The fraction of sp³-hybridized carbons (Fsp3) is 0.562. The molecule has 1 fully saturated rings. The van der Waals surface area contributed by atoms with Gasteiger partial charge in [-0.05, 0) is 19.1 Å². The molecule has 1 aromatic rings. The van der Waals surface area contributed by atoms with E-state index in [0.717, 1.165) is 0 Å². The molecule has 0 unspecified atom stereocenters. The largest absolute Gasteiger partial charge is 0.372 e. The van der Waals surface area contributed by atoms with E-state index in [9.17, 15) is 13.2 Å². The quantitative estimate of drug-likeness (QED) is 0.718. The van der Waals surface area contributed by atoms with Crippen LogP contribution in [0.2, 0.25) is 0 Å². The van der Waals surface area contributed by atoms with E-state index in [4.69, 9.17) is 4.74 Å². The predicted molar refractivity (Wildman–Crippen MR) is 91.1 cm³/mol. The number of ether oxygens (including phenoxy) is 1. The van der Waals surface area contributed by atoms with E-state index in [1.54, 1.807) is 30.3 Å². The van der Waals surface area contributed by atoms with Gasteiger partial charge in [0.25, 0.3) is 0 Å². The molecule has 1 heterocycles. The molecule has 0 radical (unpaired) electrons. The average Bonchev–Trinajstić information content (AvgIpc) is 2.61. The van der Waals surface area contributed by atoms with Gasteiger partial charge >= 0.3 is 0 Å². The van der Waals surface area contributed by atoms with E-state index in [1.807, 2.05) is 6.92 Å². The van der Waals surface area contributed by atoms with Crippen LogP contribution in [-0.4, -0.2) is 76.0 Å². The van der Waals surface area contributed by atoms with Gasteiger partial charge in [-0.15, -0.1) is 0 Å². The third kappa shape index (κ3) is 5.27. The summed E-state index contributed by atoms with van der Waals surface area (Å²) >= 11 is 0. The first kappa shape index (κ1) is 18.9. The molecule has 24 heavy (non-hydrogen) atoms. The maximum absolute atomic E-state index is 12.5. The Hall–Kier alpha value is -1.48. The molecule has 1 aliphatic rings. The number of benzene rings is 1. The van der Waals surface area contributed by atoms with Crippen molar-refractivity contribution in [2.45, 2.75) is 11.8 Å². The van der Waals surface area contributed by atoms with Gasteiger partial charge in [0.1, 0.15) is 6.61 Å². The number of carbonyl (C=O) groups is 1. The molecule has 2 rings (SSSR count). The Morgan fingerprint density at radius 2 is 1.83 bits per heavy atom. The Labute approximate surface area is 143 Å². The molecule has 7 nitrogen and oxygen atoms in total. The van der Waals surface area contributed by atoms with Crippen molar-refractivity contribution in [2.24, 2.45) is 0 Å². The van der Waals surface area contributed by atoms with Crippen molar-refractivity contribution in [3.63, 3.8) is 0 Å². The number of amides is 1. The zero-order chi connectivity index (χ0) is 17.4. The highest BCUT2D eigenvalue weighted by Gasteiger charge is 2.27. The minimum Gasteiger partial charge on any atom is -0.372 e. The highest BCUT2D eigenvalue weighted by atomic mass is 32.2. The van der Waals surface area contributed by atoms with E-state index >= 15 is 0 Å². The number of sulfonamides is 1. The van der Waals surface area contributed by atoms with Gasteiger partial charge in [0.2, 0.25) is 15.9 Å². The number of nitrogens with zero attached hydrogens (tertiary/aromatic N) is 2. The molecule has 0 spiro atoms. The van der Waals surface area contributed by atoms with Crippen LogP contribution in [-0.2, 0) is 19.6 Å². The maximum Gasteiger partial charge on any atom is 0.246 e. The van der Waals surface area contributed by atoms with E-state index in [2.05, 4.69) is 10.2 Å². The summed E-state index contributed by atoms with van der Waals surface area (Å²) < 4.78 is 31.6. The molecule has 1 saturated heterocycles. The van der Waals surface area contributed by atoms with Crippen molar-refractivity contribution in [1.29, 1.82) is 0 Å². The molecule has 1 N–H and O–H groups in total. The highest BCUT2D eigenvalue weighted by Crippen LogP contribution is 2.16. The number of rotatable bonds is 8. The van der Waals surface area contributed by atoms with Gasteiger partial charge in [-0.25, -0.2) is 8.42 Å². The summed E-state index contributed by atoms with van der Waals surface area (Å²) in [6.45, 7) is 5.94. The van der Waals surface area contributed by atoms with Crippen molar-refractivity contribution in [1.82, 2.24) is 14.5 Å². The standard InChI is InChI=1S/C16H25N3O4S/c1-2-23-14-16(20)17-8-9-18-10-12-19(13-11-18)24(21,22)15-6-4-3-5-7-15/h3-7H,2,8-14H2,1H3,(H,17,20). The van der Waals surface area contributed by atoms with Crippen LogP contribution >= 0.6 is 0 Å². The Morgan fingerprint density at radius 3 is 2.46 bits per heavy atom. The summed E-state index contributed by atoms with van der Waals surface area (Å²) in [6.07, 6.45) is 0. The van der Waals surface area contributed by atoms with Gasteiger partial charge in [0, 0.05) is 45.9 Å². The molecule has 0 aromatic heterocycles. The Kier molecular flexibility index (Phi) is 7.16. The zero-order valence-corrected chi connectivity index (χ0v) is 14.8. The lowest BCUT2D eigenvalue weighted by molar-refractivity contribution is -0.125. The fourth-order valence-corrected chi connectivity index (χ4v) is 3.98. The van der Waals surface area contributed by atoms with Crippen LogP contribution in [0.25, 0.3) is 0 Å². The van der Waals surface area contributed by atoms with Gasteiger partial charge in [-0.3, -0.25) is 9.69 Å². The second-order valence-corrected chi connectivity index (χ2v) is 7.48. The molecule has 0 aliphatic carbocycles. The Morgan fingerprint density at radius 1 is 1.17 bits per heavy atom. The fourth-order valence-electron chi connectivity index (χ4n) is 2.53. The Bertz CT molecular complexity index is 613. The third-order valence-electron chi connectivity index (χ3n) is 3.90. The van der Waals surface area contributed by atoms with Gasteiger partial charge in [0.05, 0.1) is 4.90 Å². The van der Waals surface area contributed by atoms with Gasteiger partial charge < -0.3 is 10.1 Å². The predicted octanol–water partition coefficient (Wildman–Crippen LogP) is 0.146. The highest BCUT2D eigenvalue weighted by molar-refractivity contribution is 7.89. The summed E-state index contributed by atoms with van der Waals surface area (Å²) in [6, 6.07) is 8.50. The molecular formula is C16H25N3O4S. The second-order valence-electron chi connectivity index (χ2n) is 5.55. The molecule has 0 saturated carbocycles. The molecule has 1 aliphatic heterocycles. The van der Waals surface area contributed by atoms with E-state index in [-0.39, 0.29) is 12.5 Å². The van der Waals surface area contributed by atoms with Crippen LogP contribution < -0.4 is 5.32 Å². The van der Waals surface area contributed by atoms with Crippen LogP contribution in [0.5, 0.6) is 0 Å². The average molecular weight is 355 g/mol. The van der Waals surface area contributed by atoms with Crippen molar-refractivity contribution in [3.05, 3.63) is 30.3 Å². The molecule has 134 valence electrons. The molecule has 0 bridgehead atoms. The second kappa shape index (κ2) is 9.12. The van der Waals surface area contributed by atoms with Crippen molar-refractivity contribution in [3.8, 4) is 0 Å². The number of carbonyl (C=O) groups excluding carboxylic acids is 1. The van der Waals surface area contributed by atoms with Crippen molar-refractivity contribution >= 4 is 15.9 Å². The van der Waals surface area contributed by atoms with Crippen LogP contribution in [0, 0.1) is 0 Å². The van der Waals surface area contributed by atoms with Crippen LogP contribution in [0.3, 0.4) is 0 Å². The minimum absolute atomic E-state index is 0.0829. The number of piperazine rings is 1. The molecule has 8 heteroatoms. The minimum atomic E-state index is -3.41. The number of nitrogens with one attached hydrogen (secondary N) is 1. The zero-order valence-electron chi connectivity index (χ0n) is 14.0. The number of hydrogen-bond donors (Lipinski definition) is 1. The van der Waals surface area contributed by atoms with Gasteiger partial charge in [-0.2, -0.15) is 4.31 Å². The lowest BCUT2D eigenvalue weighted by Crippen LogP contribution is -2.50. The van der Waals surface area contributed by atoms with E-state index < -0.39 is 10.0 Å². The summed E-state index contributed by atoms with van der Waals surface area (Å²) in [5.74, 6) is -0.123. The molecule has 0 atom stereocenters. The lowest BCUT2D eigenvalue weighted by Gasteiger charge is -2.33. The van der Waals surface area contributed by atoms with E-state index in [0.29, 0.717) is 50.8 Å². The van der Waals surface area contributed by atoms with Crippen molar-refractivity contribution < 1.29 is 17.9 Å². The molecular weight excluding hydrogens is 330 g/mol. The van der Waals surface area contributed by atoms with Crippen LogP contribution in [0.15, 0.2) is 35.2 Å². The lowest BCUT2D eigenvalue weighted by atomic mass is 10.3. The maximum atomic E-state index is 12.5. The summed E-state index contributed by atoms with van der Waals surface area (Å²) in [5.41, 5.74) is 0. The van der Waals surface area contributed by atoms with Crippen LogP contribution in [0.4, 0.5) is 0 Å². The SMILES string of the molecule is CCOCC(=O)NCCN1CCN(S(=O)(=O)c2ccccc2)CC1. The van der Waals surface area contributed by atoms with Gasteiger partial charge in [0.15, 0.2) is 0 Å². The summed E-state index contributed by atoms with van der Waals surface area (Å²) in [4.78, 5) is 13.9. The van der Waals surface area contributed by atoms with E-state index in [1.165, 1.54) is 4.31 Å². The smallest absolute Gasteiger partial charge is 0.246 e. The first-order valence-corrected chi connectivity index (χ1v) is 9.60. The summed E-state index contributed by atoms with van der Waals surface area (Å²) in [5, 5.41) is 2.79.